The molecule has 1 aliphatic heterocycles. The van der Waals surface area contributed by atoms with Crippen LogP contribution in [-0.2, 0) is 4.79 Å². The minimum atomic E-state index is 0.257. The van der Waals surface area contributed by atoms with E-state index in [-0.39, 0.29) is 11.9 Å². The van der Waals surface area contributed by atoms with Crippen molar-refractivity contribution in [2.24, 2.45) is 0 Å². The van der Waals surface area contributed by atoms with Crippen LogP contribution in [0.3, 0.4) is 0 Å². The van der Waals surface area contributed by atoms with Gasteiger partial charge in [-0.3, -0.25) is 4.79 Å². The number of rotatable bonds is 7. The molecule has 1 atom stereocenters. The number of aromatic nitrogens is 1. The molecule has 0 spiro atoms. The molecule has 0 unspecified atom stereocenters. The Hall–Kier alpha value is -1.24. The number of halogens is 1. The van der Waals surface area contributed by atoms with Crippen molar-refractivity contribution in [1.29, 1.82) is 0 Å². The Morgan fingerprint density at radius 1 is 1.39 bits per heavy atom. The third kappa shape index (κ3) is 4.62. The maximum Gasteiger partial charge on any atom is 0.222 e. The van der Waals surface area contributed by atoms with Crippen LogP contribution in [0.25, 0.3) is 0 Å². The van der Waals surface area contributed by atoms with Gasteiger partial charge in [-0.05, 0) is 30.7 Å². The molecule has 122 valence electrons. The summed E-state index contributed by atoms with van der Waals surface area (Å²) in [5.74, 6) is 1.14. The monoisotopic (exact) mass is 367 g/mol. The zero-order valence-corrected chi connectivity index (χ0v) is 15.0. The summed E-state index contributed by atoms with van der Waals surface area (Å²) in [7, 11) is 0. The molecule has 0 saturated carbocycles. The molecule has 2 aromatic rings. The van der Waals surface area contributed by atoms with Gasteiger partial charge in [-0.15, -0.1) is 11.3 Å². The van der Waals surface area contributed by atoms with Crippen LogP contribution in [0.2, 0.25) is 5.02 Å². The minimum Gasteiger partial charge on any atom is -0.383 e. The lowest BCUT2D eigenvalue weighted by Crippen LogP contribution is -2.39. The van der Waals surface area contributed by atoms with E-state index in [1.165, 1.54) is 0 Å². The smallest absolute Gasteiger partial charge is 0.222 e. The predicted molar refractivity (Wildman–Crippen MR) is 97.5 cm³/mol. The molecule has 1 N–H and O–H groups in total. The van der Waals surface area contributed by atoms with Crippen LogP contribution in [0.1, 0.15) is 12.8 Å². The summed E-state index contributed by atoms with van der Waals surface area (Å²) in [6.45, 7) is 1.55. The van der Waals surface area contributed by atoms with Gasteiger partial charge in [-0.2, -0.15) is 0 Å². The van der Waals surface area contributed by atoms with Gasteiger partial charge in [-0.25, -0.2) is 4.98 Å². The van der Waals surface area contributed by atoms with Crippen LogP contribution in [0.15, 0.2) is 40.2 Å². The van der Waals surface area contributed by atoms with E-state index in [9.17, 15) is 4.79 Å². The maximum absolute atomic E-state index is 12.1. The topological polar surface area (TPSA) is 45.2 Å². The first-order valence-corrected chi connectivity index (χ1v) is 9.78. The van der Waals surface area contributed by atoms with Gasteiger partial charge >= 0.3 is 0 Å². The van der Waals surface area contributed by atoms with Crippen LogP contribution < -0.4 is 5.32 Å². The first kappa shape index (κ1) is 16.6. The van der Waals surface area contributed by atoms with Crippen molar-refractivity contribution in [1.82, 2.24) is 9.88 Å². The van der Waals surface area contributed by atoms with Crippen LogP contribution >= 0.6 is 34.7 Å². The highest BCUT2D eigenvalue weighted by Gasteiger charge is 2.30. The third-order valence-electron chi connectivity index (χ3n) is 3.81. The summed E-state index contributed by atoms with van der Waals surface area (Å²) in [5, 5.41) is 6.10. The Morgan fingerprint density at radius 2 is 2.22 bits per heavy atom. The number of carbonyl (C=O) groups excluding carboxylic acids is 1. The molecule has 7 heteroatoms. The summed E-state index contributed by atoms with van der Waals surface area (Å²) in [4.78, 5) is 18.4. The van der Waals surface area contributed by atoms with Crippen molar-refractivity contribution in [2.75, 3.05) is 24.2 Å². The molecule has 2 heterocycles. The normalized spacial score (nSPS) is 17.7. The van der Waals surface area contributed by atoms with E-state index in [4.69, 9.17) is 11.6 Å². The first-order chi connectivity index (χ1) is 11.2. The van der Waals surface area contributed by atoms with Gasteiger partial charge in [0.05, 0.1) is 0 Å². The highest BCUT2D eigenvalue weighted by Crippen LogP contribution is 2.24. The number of hydrogen-bond donors (Lipinski definition) is 1. The molecule has 1 aromatic heterocycles. The van der Waals surface area contributed by atoms with Gasteiger partial charge in [0.1, 0.15) is 4.34 Å². The number of benzene rings is 1. The molecule has 1 amide bonds. The lowest BCUT2D eigenvalue weighted by Gasteiger charge is -2.25. The third-order valence-corrected chi connectivity index (χ3v) is 6.00. The van der Waals surface area contributed by atoms with Crippen molar-refractivity contribution in [2.45, 2.75) is 23.2 Å². The molecule has 0 radical (unpaired) electrons. The average Bonchev–Trinajstić information content (AvgIpc) is 3.18. The van der Waals surface area contributed by atoms with Crippen LogP contribution in [0.4, 0.5) is 5.69 Å². The summed E-state index contributed by atoms with van der Waals surface area (Å²) < 4.78 is 1.06. The first-order valence-electron chi connectivity index (χ1n) is 7.53. The molecule has 1 aromatic carbocycles. The molecule has 1 fully saturated rings. The van der Waals surface area contributed by atoms with E-state index < -0.39 is 0 Å². The van der Waals surface area contributed by atoms with Gasteiger partial charge in [-0.1, -0.05) is 23.4 Å². The Kier molecular flexibility index (Phi) is 5.80. The van der Waals surface area contributed by atoms with Crippen molar-refractivity contribution in [3.63, 3.8) is 0 Å². The Bertz CT molecular complexity index is 633. The van der Waals surface area contributed by atoms with E-state index in [0.29, 0.717) is 6.42 Å². The van der Waals surface area contributed by atoms with Crippen LogP contribution in [0.5, 0.6) is 0 Å². The summed E-state index contributed by atoms with van der Waals surface area (Å²) >= 11 is 9.25. The van der Waals surface area contributed by atoms with Crippen molar-refractivity contribution in [3.05, 3.63) is 40.9 Å². The number of nitrogens with one attached hydrogen (secondary N) is 1. The van der Waals surface area contributed by atoms with Crippen molar-refractivity contribution in [3.8, 4) is 0 Å². The SMILES string of the molecule is O=C1CC[C@H](CNc2ccc(Cl)cc2)N1CCSc1nccs1. The zero-order valence-electron chi connectivity index (χ0n) is 12.6. The number of thioether (sulfide) groups is 1. The molecule has 0 bridgehead atoms. The molecule has 3 rings (SSSR count). The molecule has 1 aliphatic rings. The Balaban J connectivity index is 1.49. The molecule has 23 heavy (non-hydrogen) atoms. The van der Waals surface area contributed by atoms with Gasteiger partial charge in [0.25, 0.3) is 0 Å². The van der Waals surface area contributed by atoms with E-state index in [1.807, 2.05) is 40.7 Å². The van der Waals surface area contributed by atoms with Gasteiger partial charge < -0.3 is 10.2 Å². The van der Waals surface area contributed by atoms with Crippen molar-refractivity contribution >= 4 is 46.3 Å². The molecule has 4 nitrogen and oxygen atoms in total. The average molecular weight is 368 g/mol. The minimum absolute atomic E-state index is 0.257. The standard InChI is InChI=1S/C16H18ClN3OS2/c17-12-1-3-13(4-2-12)19-11-14-5-6-15(21)20(14)8-10-23-16-18-7-9-22-16/h1-4,7,9,14,19H,5-6,8,10-11H2/t14-/m1/s1. The van der Waals surface area contributed by atoms with E-state index >= 15 is 0 Å². The quantitative estimate of drug-likeness (QED) is 0.751. The number of thiazole rings is 1. The van der Waals surface area contributed by atoms with Gasteiger partial charge in [0, 0.05) is 53.6 Å². The van der Waals surface area contributed by atoms with E-state index in [0.717, 1.165) is 40.3 Å². The number of anilines is 1. The largest absolute Gasteiger partial charge is 0.383 e. The number of carbonyl (C=O) groups is 1. The molecular weight excluding hydrogens is 350 g/mol. The number of nitrogens with zero attached hydrogens (tertiary/aromatic N) is 2. The summed E-state index contributed by atoms with van der Waals surface area (Å²) in [6.07, 6.45) is 3.38. The lowest BCUT2D eigenvalue weighted by atomic mass is 10.2. The summed E-state index contributed by atoms with van der Waals surface area (Å²) in [5.41, 5.74) is 1.03. The number of likely N-dealkylation sites (tertiary alicyclic amines) is 1. The highest BCUT2D eigenvalue weighted by molar-refractivity contribution is 8.01. The van der Waals surface area contributed by atoms with Gasteiger partial charge in [0.2, 0.25) is 5.91 Å². The summed E-state index contributed by atoms with van der Waals surface area (Å²) in [6, 6.07) is 7.91. The lowest BCUT2D eigenvalue weighted by molar-refractivity contribution is -0.128. The second kappa shape index (κ2) is 8.04. The Morgan fingerprint density at radius 3 is 2.96 bits per heavy atom. The second-order valence-corrected chi connectivity index (χ2v) is 7.99. The van der Waals surface area contributed by atoms with E-state index in [1.54, 1.807) is 23.1 Å². The van der Waals surface area contributed by atoms with E-state index in [2.05, 4.69) is 10.3 Å². The predicted octanol–water partition coefficient (Wildman–Crippen LogP) is 3.99. The fourth-order valence-electron chi connectivity index (χ4n) is 2.63. The fourth-order valence-corrected chi connectivity index (χ4v) is 4.40. The fraction of sp³-hybridized carbons (Fsp3) is 0.375. The molecule has 0 aliphatic carbocycles. The van der Waals surface area contributed by atoms with Crippen LogP contribution in [0, 0.1) is 0 Å². The number of amides is 1. The van der Waals surface area contributed by atoms with Crippen molar-refractivity contribution < 1.29 is 4.79 Å². The van der Waals surface area contributed by atoms with Crippen LogP contribution in [-0.4, -0.2) is 40.7 Å². The zero-order chi connectivity index (χ0) is 16.1. The Labute approximate surface area is 149 Å². The maximum atomic E-state index is 12.1. The highest BCUT2D eigenvalue weighted by atomic mass is 35.5. The second-order valence-electron chi connectivity index (χ2n) is 5.31. The van der Waals surface area contributed by atoms with Gasteiger partial charge in [0.15, 0.2) is 0 Å². The molecular formula is C16H18ClN3OS2. The number of hydrogen-bond acceptors (Lipinski definition) is 5. The molecule has 1 saturated heterocycles.